The van der Waals surface area contributed by atoms with Crippen LogP contribution >= 0.6 is 7.26 Å². The number of carbonyl (C=O) groups is 1. The van der Waals surface area contributed by atoms with Crippen molar-refractivity contribution >= 4 is 29.1 Å². The van der Waals surface area contributed by atoms with Gasteiger partial charge in [-0.2, -0.15) is 0 Å². The molecule has 0 bridgehead atoms. The first-order chi connectivity index (χ1) is 13.7. The second-order valence-corrected chi connectivity index (χ2v) is 10.8. The van der Waals surface area contributed by atoms with Crippen LogP contribution in [0.2, 0.25) is 0 Å². The number of nitrogens with zero attached hydrogens (tertiary/aromatic N) is 1. The number of hydrogen-bond acceptors (Lipinski definition) is 3. The molecule has 1 atom stereocenters. The summed E-state index contributed by atoms with van der Waals surface area (Å²) in [6, 6.07) is 32.4. The minimum atomic E-state index is -2.02. The summed E-state index contributed by atoms with van der Waals surface area (Å²) in [5.74, 6) is 0.0398. The summed E-state index contributed by atoms with van der Waals surface area (Å²) in [5.41, 5.74) is 0. The molecule has 1 unspecified atom stereocenters. The van der Waals surface area contributed by atoms with E-state index in [1.807, 2.05) is 0 Å². The summed E-state index contributed by atoms with van der Waals surface area (Å²) >= 11 is 0. The predicted octanol–water partition coefficient (Wildman–Crippen LogP) is 3.19. The number of esters is 1. The van der Waals surface area contributed by atoms with Crippen LogP contribution in [0.15, 0.2) is 91.0 Å². The normalized spacial score (nSPS) is 16.4. The third-order valence-electron chi connectivity index (χ3n) is 5.55. The van der Waals surface area contributed by atoms with Crippen molar-refractivity contribution in [3.63, 3.8) is 0 Å². The predicted molar refractivity (Wildman–Crippen MR) is 117 cm³/mol. The van der Waals surface area contributed by atoms with E-state index in [0.29, 0.717) is 13.2 Å². The van der Waals surface area contributed by atoms with Gasteiger partial charge in [-0.3, -0.25) is 9.69 Å². The van der Waals surface area contributed by atoms with Crippen molar-refractivity contribution in [2.45, 2.75) is 12.7 Å². The van der Waals surface area contributed by atoms with Gasteiger partial charge in [0.15, 0.2) is 0 Å². The molecule has 1 saturated heterocycles. The van der Waals surface area contributed by atoms with E-state index in [2.05, 4.69) is 103 Å². The summed E-state index contributed by atoms with van der Waals surface area (Å²) in [6.45, 7) is 3.84. The monoisotopic (exact) mass is 390 g/mol. The van der Waals surface area contributed by atoms with Crippen LogP contribution in [-0.4, -0.2) is 36.3 Å². The lowest BCUT2D eigenvalue weighted by molar-refractivity contribution is -0.150. The minimum absolute atomic E-state index is 0.134. The standard InChI is InChI=1S/C24H25NO2P/c1-20(25-17-18-27-24(26)19-25)28(21-11-5-2-6-12-21,22-13-7-3-8-14-22)23-15-9-4-10-16-23/h2-16,20H,17-19H2,1H3/q+1. The summed E-state index contributed by atoms with van der Waals surface area (Å²) in [4.78, 5) is 14.4. The second-order valence-electron chi connectivity index (χ2n) is 7.05. The molecule has 0 aliphatic carbocycles. The average Bonchev–Trinajstić information content (AvgIpc) is 2.76. The highest BCUT2D eigenvalue weighted by molar-refractivity contribution is 7.96. The second kappa shape index (κ2) is 8.26. The molecular weight excluding hydrogens is 365 g/mol. The molecular formula is C24H25NO2P+. The van der Waals surface area contributed by atoms with Gasteiger partial charge in [0, 0.05) is 6.54 Å². The number of morpholine rings is 1. The van der Waals surface area contributed by atoms with Gasteiger partial charge in [-0.05, 0) is 43.3 Å². The summed E-state index contributed by atoms with van der Waals surface area (Å²) in [6.07, 6.45) is 0. The van der Waals surface area contributed by atoms with E-state index in [9.17, 15) is 4.79 Å². The van der Waals surface area contributed by atoms with Crippen LogP contribution < -0.4 is 15.9 Å². The zero-order valence-electron chi connectivity index (χ0n) is 16.1. The third kappa shape index (κ3) is 3.37. The quantitative estimate of drug-likeness (QED) is 0.495. The molecule has 0 radical (unpaired) electrons. The number of rotatable bonds is 5. The molecule has 3 aromatic carbocycles. The largest absolute Gasteiger partial charge is 0.463 e. The first-order valence-electron chi connectivity index (χ1n) is 9.68. The van der Waals surface area contributed by atoms with Crippen molar-refractivity contribution in [3.05, 3.63) is 91.0 Å². The van der Waals surface area contributed by atoms with Gasteiger partial charge < -0.3 is 4.74 Å². The van der Waals surface area contributed by atoms with Crippen LogP contribution in [0.25, 0.3) is 0 Å². The number of benzene rings is 3. The molecule has 0 spiro atoms. The maximum Gasteiger partial charge on any atom is 0.320 e. The summed E-state index contributed by atoms with van der Waals surface area (Å²) in [7, 11) is -2.02. The Morgan fingerprint density at radius 3 is 1.61 bits per heavy atom. The lowest BCUT2D eigenvalue weighted by Gasteiger charge is -2.39. The van der Waals surface area contributed by atoms with Gasteiger partial charge in [-0.1, -0.05) is 54.6 Å². The molecule has 1 fully saturated rings. The number of hydrogen-bond donors (Lipinski definition) is 0. The van der Waals surface area contributed by atoms with Crippen LogP contribution in [0.1, 0.15) is 6.92 Å². The zero-order valence-corrected chi connectivity index (χ0v) is 17.0. The van der Waals surface area contributed by atoms with Crippen LogP contribution in [0, 0.1) is 0 Å². The molecule has 4 heteroatoms. The zero-order chi connectivity index (χ0) is 19.4. The Kier molecular flexibility index (Phi) is 5.57. The Morgan fingerprint density at radius 2 is 1.21 bits per heavy atom. The Balaban J connectivity index is 1.97. The SMILES string of the molecule is CC(N1CCOC(=O)C1)[P+](c1ccccc1)(c1ccccc1)c1ccccc1. The van der Waals surface area contributed by atoms with Crippen LogP contribution in [0.3, 0.4) is 0 Å². The number of cyclic esters (lactones) is 1. The van der Waals surface area contributed by atoms with Gasteiger partial charge in [0.25, 0.3) is 0 Å². The molecule has 142 valence electrons. The van der Waals surface area contributed by atoms with Crippen molar-refractivity contribution in [3.8, 4) is 0 Å². The van der Waals surface area contributed by atoms with Crippen molar-refractivity contribution in [2.75, 3.05) is 19.7 Å². The fourth-order valence-electron chi connectivity index (χ4n) is 4.21. The first kappa shape index (κ1) is 18.9. The van der Waals surface area contributed by atoms with Gasteiger partial charge in [-0.15, -0.1) is 0 Å². The van der Waals surface area contributed by atoms with E-state index in [-0.39, 0.29) is 11.8 Å². The molecule has 1 heterocycles. The molecule has 0 aromatic heterocycles. The molecule has 0 N–H and O–H groups in total. The summed E-state index contributed by atoms with van der Waals surface area (Å²) in [5, 5.41) is 4.00. The molecule has 3 aromatic rings. The van der Waals surface area contributed by atoms with E-state index < -0.39 is 7.26 Å². The Labute approximate surface area is 167 Å². The topological polar surface area (TPSA) is 29.5 Å². The lowest BCUT2D eigenvalue weighted by Crippen LogP contribution is -2.51. The van der Waals surface area contributed by atoms with Crippen molar-refractivity contribution in [2.24, 2.45) is 0 Å². The number of ether oxygens (including phenoxy) is 1. The number of carbonyl (C=O) groups excluding carboxylic acids is 1. The smallest absolute Gasteiger partial charge is 0.320 e. The average molecular weight is 390 g/mol. The highest BCUT2D eigenvalue weighted by Crippen LogP contribution is 2.60. The van der Waals surface area contributed by atoms with Gasteiger partial charge in [0.05, 0.1) is 0 Å². The highest BCUT2D eigenvalue weighted by Gasteiger charge is 2.53. The van der Waals surface area contributed by atoms with Crippen molar-refractivity contribution < 1.29 is 9.53 Å². The molecule has 0 saturated carbocycles. The van der Waals surface area contributed by atoms with Crippen LogP contribution in [0.4, 0.5) is 0 Å². The Morgan fingerprint density at radius 1 is 0.786 bits per heavy atom. The van der Waals surface area contributed by atoms with Gasteiger partial charge in [0.2, 0.25) is 0 Å². The maximum atomic E-state index is 12.1. The van der Waals surface area contributed by atoms with Crippen LogP contribution in [0.5, 0.6) is 0 Å². The van der Waals surface area contributed by atoms with Gasteiger partial charge >= 0.3 is 5.97 Å². The molecule has 1 aliphatic rings. The molecule has 3 nitrogen and oxygen atoms in total. The summed E-state index contributed by atoms with van der Waals surface area (Å²) < 4.78 is 5.22. The lowest BCUT2D eigenvalue weighted by atomic mass is 10.3. The Hall–Kier alpha value is -2.48. The van der Waals surface area contributed by atoms with E-state index in [4.69, 9.17) is 4.74 Å². The maximum absolute atomic E-state index is 12.1. The van der Waals surface area contributed by atoms with E-state index in [1.165, 1.54) is 15.9 Å². The van der Waals surface area contributed by atoms with E-state index in [1.54, 1.807) is 0 Å². The van der Waals surface area contributed by atoms with Gasteiger partial charge in [0.1, 0.15) is 42.1 Å². The van der Waals surface area contributed by atoms with E-state index in [0.717, 1.165) is 6.54 Å². The van der Waals surface area contributed by atoms with Crippen molar-refractivity contribution in [1.82, 2.24) is 4.90 Å². The molecule has 28 heavy (non-hydrogen) atoms. The van der Waals surface area contributed by atoms with Crippen molar-refractivity contribution in [1.29, 1.82) is 0 Å². The van der Waals surface area contributed by atoms with Crippen LogP contribution in [-0.2, 0) is 9.53 Å². The highest BCUT2D eigenvalue weighted by atomic mass is 31.2. The fourth-order valence-corrected chi connectivity index (χ4v) is 9.02. The molecule has 0 amide bonds. The van der Waals surface area contributed by atoms with Gasteiger partial charge in [-0.25, -0.2) is 0 Å². The minimum Gasteiger partial charge on any atom is -0.463 e. The molecule has 1 aliphatic heterocycles. The molecule has 4 rings (SSSR count). The Bertz CT molecular complexity index is 818. The first-order valence-corrected chi connectivity index (χ1v) is 11.5. The fraction of sp³-hybridized carbons (Fsp3) is 0.208. The third-order valence-corrected chi connectivity index (χ3v) is 10.3. The van der Waals surface area contributed by atoms with E-state index >= 15 is 0 Å².